The maximum absolute atomic E-state index is 5.10. The molecule has 2 aliphatic rings. The van der Waals surface area contributed by atoms with E-state index in [2.05, 4.69) is 10.6 Å². The van der Waals surface area contributed by atoms with E-state index >= 15 is 0 Å². The van der Waals surface area contributed by atoms with E-state index in [0.717, 1.165) is 16.9 Å². The number of rotatable bonds is 3. The summed E-state index contributed by atoms with van der Waals surface area (Å²) in [4.78, 5) is 0. The highest BCUT2D eigenvalue weighted by Gasteiger charge is 2.41. The molecule has 2 nitrogen and oxygen atoms in total. The molecule has 0 aromatic rings. The highest BCUT2D eigenvalue weighted by Crippen LogP contribution is 2.44. The molecule has 0 unspecified atom stereocenters. The van der Waals surface area contributed by atoms with Crippen LogP contribution in [0.2, 0.25) is 0 Å². The van der Waals surface area contributed by atoms with Crippen molar-refractivity contribution in [2.75, 3.05) is 7.05 Å². The summed E-state index contributed by atoms with van der Waals surface area (Å²) in [6.45, 7) is 0. The van der Waals surface area contributed by atoms with E-state index < -0.39 is 0 Å². The summed E-state index contributed by atoms with van der Waals surface area (Å²) < 4.78 is 0. The highest BCUT2D eigenvalue weighted by molar-refractivity contribution is 7.80. The molecule has 0 saturated heterocycles. The predicted octanol–water partition coefficient (Wildman–Crippen LogP) is 1.27. The SMILES string of the molecule is CNC(=S)NC(C1CC1)C1CC1. The Hall–Kier alpha value is -0.310. The summed E-state index contributed by atoms with van der Waals surface area (Å²) in [7, 11) is 1.88. The fourth-order valence-corrected chi connectivity index (χ4v) is 1.89. The van der Waals surface area contributed by atoms with Crippen molar-refractivity contribution in [2.24, 2.45) is 11.8 Å². The molecule has 0 aliphatic heterocycles. The topological polar surface area (TPSA) is 24.1 Å². The van der Waals surface area contributed by atoms with Gasteiger partial charge in [0.2, 0.25) is 0 Å². The minimum absolute atomic E-state index is 0.685. The molecule has 3 heteroatoms. The summed E-state index contributed by atoms with van der Waals surface area (Å²) in [5.74, 6) is 1.84. The van der Waals surface area contributed by atoms with Crippen LogP contribution in [0.5, 0.6) is 0 Å². The van der Waals surface area contributed by atoms with Gasteiger partial charge in [-0.3, -0.25) is 0 Å². The van der Waals surface area contributed by atoms with E-state index in [1.165, 1.54) is 25.7 Å². The van der Waals surface area contributed by atoms with E-state index in [1.54, 1.807) is 0 Å². The highest BCUT2D eigenvalue weighted by atomic mass is 32.1. The van der Waals surface area contributed by atoms with Crippen molar-refractivity contribution in [3.8, 4) is 0 Å². The Morgan fingerprint density at radius 2 is 1.75 bits per heavy atom. The Bertz CT molecular complexity index is 173. The fourth-order valence-electron chi connectivity index (χ4n) is 1.75. The molecule has 2 aliphatic carbocycles. The minimum Gasteiger partial charge on any atom is -0.366 e. The van der Waals surface area contributed by atoms with Crippen molar-refractivity contribution >= 4 is 17.3 Å². The Balaban J connectivity index is 1.83. The van der Waals surface area contributed by atoms with E-state index in [-0.39, 0.29) is 0 Å². The Labute approximate surface area is 79.1 Å². The van der Waals surface area contributed by atoms with Crippen LogP contribution in [0.1, 0.15) is 25.7 Å². The molecular formula is C9H16N2S. The van der Waals surface area contributed by atoms with Gasteiger partial charge in [0.1, 0.15) is 0 Å². The zero-order valence-corrected chi connectivity index (χ0v) is 8.29. The molecule has 0 aromatic heterocycles. The van der Waals surface area contributed by atoms with E-state index in [1.807, 2.05) is 7.05 Å². The third-order valence-corrected chi connectivity index (χ3v) is 3.11. The van der Waals surface area contributed by atoms with E-state index in [9.17, 15) is 0 Å². The second-order valence-electron chi connectivity index (χ2n) is 3.92. The van der Waals surface area contributed by atoms with Gasteiger partial charge < -0.3 is 10.6 Å². The van der Waals surface area contributed by atoms with Crippen molar-refractivity contribution in [1.29, 1.82) is 0 Å². The largest absolute Gasteiger partial charge is 0.366 e. The first kappa shape index (κ1) is 8.30. The van der Waals surface area contributed by atoms with Crippen LogP contribution < -0.4 is 10.6 Å². The van der Waals surface area contributed by atoms with Crippen molar-refractivity contribution in [3.63, 3.8) is 0 Å². The van der Waals surface area contributed by atoms with Gasteiger partial charge in [0.15, 0.2) is 5.11 Å². The molecule has 0 aromatic carbocycles. The molecule has 2 rings (SSSR count). The van der Waals surface area contributed by atoms with Gasteiger partial charge >= 0.3 is 0 Å². The smallest absolute Gasteiger partial charge is 0.166 e. The Morgan fingerprint density at radius 1 is 1.25 bits per heavy atom. The van der Waals surface area contributed by atoms with Crippen molar-refractivity contribution in [3.05, 3.63) is 0 Å². The van der Waals surface area contributed by atoms with Crippen molar-refractivity contribution in [2.45, 2.75) is 31.7 Å². The number of hydrogen-bond acceptors (Lipinski definition) is 1. The lowest BCUT2D eigenvalue weighted by molar-refractivity contribution is 0.480. The van der Waals surface area contributed by atoms with Gasteiger partial charge in [-0.25, -0.2) is 0 Å². The van der Waals surface area contributed by atoms with Crippen LogP contribution in [0.15, 0.2) is 0 Å². The molecule has 0 spiro atoms. The molecular weight excluding hydrogens is 168 g/mol. The summed E-state index contributed by atoms with van der Waals surface area (Å²) in [5.41, 5.74) is 0. The lowest BCUT2D eigenvalue weighted by atomic mass is 10.1. The number of nitrogens with one attached hydrogen (secondary N) is 2. The van der Waals surface area contributed by atoms with Crippen LogP contribution in [0, 0.1) is 11.8 Å². The molecule has 2 fully saturated rings. The van der Waals surface area contributed by atoms with Gasteiger partial charge in [-0.2, -0.15) is 0 Å². The van der Waals surface area contributed by atoms with E-state index in [4.69, 9.17) is 12.2 Å². The third kappa shape index (κ3) is 1.89. The molecule has 0 bridgehead atoms. The lowest BCUT2D eigenvalue weighted by Gasteiger charge is -2.18. The maximum atomic E-state index is 5.10. The molecule has 0 atom stereocenters. The monoisotopic (exact) mass is 184 g/mol. The summed E-state index contributed by atoms with van der Waals surface area (Å²) in [5, 5.41) is 7.21. The number of hydrogen-bond donors (Lipinski definition) is 2. The third-order valence-electron chi connectivity index (χ3n) is 2.78. The number of thiocarbonyl (C=S) groups is 1. The van der Waals surface area contributed by atoms with Crippen LogP contribution in [0.3, 0.4) is 0 Å². The van der Waals surface area contributed by atoms with Crippen LogP contribution >= 0.6 is 12.2 Å². The Kier molecular flexibility index (Phi) is 2.22. The second kappa shape index (κ2) is 3.21. The lowest BCUT2D eigenvalue weighted by Crippen LogP contribution is -2.42. The molecule has 0 heterocycles. The van der Waals surface area contributed by atoms with Crippen molar-refractivity contribution < 1.29 is 0 Å². The predicted molar refractivity (Wildman–Crippen MR) is 54.0 cm³/mol. The van der Waals surface area contributed by atoms with Gasteiger partial charge in [-0.1, -0.05) is 0 Å². The summed E-state index contributed by atoms with van der Waals surface area (Å²) >= 11 is 5.10. The summed E-state index contributed by atoms with van der Waals surface area (Å²) in [6, 6.07) is 0.685. The first-order valence-corrected chi connectivity index (χ1v) is 5.20. The van der Waals surface area contributed by atoms with Crippen LogP contribution in [-0.2, 0) is 0 Å². The van der Waals surface area contributed by atoms with Crippen LogP contribution in [0.25, 0.3) is 0 Å². The molecule has 2 saturated carbocycles. The average Bonchev–Trinajstić information content (AvgIpc) is 2.87. The minimum atomic E-state index is 0.685. The van der Waals surface area contributed by atoms with Gasteiger partial charge in [-0.05, 0) is 49.7 Å². The zero-order chi connectivity index (χ0) is 8.55. The van der Waals surface area contributed by atoms with Gasteiger partial charge in [0.25, 0.3) is 0 Å². The molecule has 2 N–H and O–H groups in total. The molecule has 12 heavy (non-hydrogen) atoms. The quantitative estimate of drug-likeness (QED) is 0.646. The maximum Gasteiger partial charge on any atom is 0.166 e. The average molecular weight is 184 g/mol. The van der Waals surface area contributed by atoms with Crippen LogP contribution in [-0.4, -0.2) is 18.2 Å². The Morgan fingerprint density at radius 3 is 2.08 bits per heavy atom. The molecule has 0 amide bonds. The van der Waals surface area contributed by atoms with Gasteiger partial charge in [0, 0.05) is 13.1 Å². The van der Waals surface area contributed by atoms with Gasteiger partial charge in [0.05, 0.1) is 0 Å². The standard InChI is InChI=1S/C9H16N2S/c1-10-9(12)11-8(6-2-3-6)7-4-5-7/h6-8H,2-5H2,1H3,(H2,10,11,12). The summed E-state index contributed by atoms with van der Waals surface area (Å²) in [6.07, 6.45) is 5.61. The first-order valence-electron chi connectivity index (χ1n) is 4.79. The molecule has 0 radical (unpaired) electrons. The normalized spacial score (nSPS) is 22.5. The fraction of sp³-hybridized carbons (Fsp3) is 0.889. The van der Waals surface area contributed by atoms with Crippen LogP contribution in [0.4, 0.5) is 0 Å². The first-order chi connectivity index (χ1) is 5.81. The van der Waals surface area contributed by atoms with Crippen molar-refractivity contribution in [1.82, 2.24) is 10.6 Å². The second-order valence-corrected chi connectivity index (χ2v) is 4.33. The van der Waals surface area contributed by atoms with Gasteiger partial charge in [-0.15, -0.1) is 0 Å². The zero-order valence-electron chi connectivity index (χ0n) is 7.47. The molecule has 68 valence electrons. The van der Waals surface area contributed by atoms with E-state index in [0.29, 0.717) is 6.04 Å².